The molecule has 0 aliphatic carbocycles. The van der Waals surface area contributed by atoms with Crippen molar-refractivity contribution < 1.29 is 14.2 Å². The van der Waals surface area contributed by atoms with E-state index in [1.807, 2.05) is 19.1 Å². The number of fused-ring (bicyclic) bond motifs is 1. The number of aromatic nitrogens is 2. The van der Waals surface area contributed by atoms with E-state index < -0.39 is 0 Å². The van der Waals surface area contributed by atoms with Gasteiger partial charge in [0.1, 0.15) is 17.8 Å². The Labute approximate surface area is 191 Å². The summed E-state index contributed by atoms with van der Waals surface area (Å²) in [7, 11) is 0. The SMILES string of the molecule is Cc1cc(Oc2ncnc(N3CCN(Cc4ccc5c(c4)OCO5)CC3)c2N)ccc1Cl. The summed E-state index contributed by atoms with van der Waals surface area (Å²) in [5.41, 5.74) is 8.95. The summed E-state index contributed by atoms with van der Waals surface area (Å²) >= 11 is 6.10. The van der Waals surface area contributed by atoms with E-state index in [0.29, 0.717) is 35.0 Å². The maximum absolute atomic E-state index is 6.38. The smallest absolute Gasteiger partial charge is 0.248 e. The minimum Gasteiger partial charge on any atom is -0.454 e. The number of halogens is 1. The average molecular weight is 454 g/mol. The minimum absolute atomic E-state index is 0.293. The average Bonchev–Trinajstić information content (AvgIpc) is 3.26. The second kappa shape index (κ2) is 8.72. The molecule has 2 aliphatic rings. The summed E-state index contributed by atoms with van der Waals surface area (Å²) in [6.45, 7) is 6.48. The molecule has 2 aromatic carbocycles. The number of nitrogens with zero attached hydrogens (tertiary/aromatic N) is 4. The van der Waals surface area contributed by atoms with Gasteiger partial charge in [-0.3, -0.25) is 4.90 Å². The third-order valence-electron chi connectivity index (χ3n) is 5.69. The highest BCUT2D eigenvalue weighted by Crippen LogP contribution is 2.34. The molecule has 0 spiro atoms. The zero-order chi connectivity index (χ0) is 22.1. The summed E-state index contributed by atoms with van der Waals surface area (Å²) < 4.78 is 16.8. The van der Waals surface area contributed by atoms with Crippen LogP contribution in [0.1, 0.15) is 11.1 Å². The van der Waals surface area contributed by atoms with Gasteiger partial charge < -0.3 is 24.8 Å². The molecule has 0 unspecified atom stereocenters. The Morgan fingerprint density at radius 2 is 1.84 bits per heavy atom. The second-order valence-electron chi connectivity index (χ2n) is 7.88. The summed E-state index contributed by atoms with van der Waals surface area (Å²) in [6.07, 6.45) is 1.49. The highest BCUT2D eigenvalue weighted by Gasteiger charge is 2.23. The van der Waals surface area contributed by atoms with E-state index in [1.165, 1.54) is 11.9 Å². The van der Waals surface area contributed by atoms with Crippen molar-refractivity contribution in [3.8, 4) is 23.1 Å². The molecular formula is C23H24ClN5O3. The monoisotopic (exact) mass is 453 g/mol. The van der Waals surface area contributed by atoms with Crippen LogP contribution in [-0.4, -0.2) is 47.8 Å². The molecule has 3 aromatic rings. The van der Waals surface area contributed by atoms with Gasteiger partial charge in [-0.2, -0.15) is 4.98 Å². The van der Waals surface area contributed by atoms with Gasteiger partial charge in [-0.1, -0.05) is 17.7 Å². The van der Waals surface area contributed by atoms with Gasteiger partial charge in [0, 0.05) is 37.7 Å². The van der Waals surface area contributed by atoms with Gasteiger partial charge in [0.25, 0.3) is 0 Å². The lowest BCUT2D eigenvalue weighted by Crippen LogP contribution is -2.46. The summed E-state index contributed by atoms with van der Waals surface area (Å²) in [4.78, 5) is 13.2. The predicted octanol–water partition coefficient (Wildman–Crippen LogP) is 3.86. The molecule has 9 heteroatoms. The summed E-state index contributed by atoms with van der Waals surface area (Å²) in [6, 6.07) is 11.6. The van der Waals surface area contributed by atoms with Crippen molar-refractivity contribution in [2.45, 2.75) is 13.5 Å². The maximum Gasteiger partial charge on any atom is 0.248 e. The Bertz CT molecular complexity index is 1130. The molecule has 0 bridgehead atoms. The van der Waals surface area contributed by atoms with Gasteiger partial charge in [0.15, 0.2) is 17.3 Å². The molecule has 166 valence electrons. The standard InChI is InChI=1S/C23H24ClN5O3/c1-15-10-17(3-4-18(15)24)32-23-21(25)22(26-13-27-23)29-8-6-28(7-9-29)12-16-2-5-19-20(11-16)31-14-30-19/h2-5,10-11,13H,6-9,12,14,25H2,1H3. The van der Waals surface area contributed by atoms with Crippen LogP contribution in [-0.2, 0) is 6.54 Å². The fraction of sp³-hybridized carbons (Fsp3) is 0.304. The minimum atomic E-state index is 0.293. The van der Waals surface area contributed by atoms with Crippen LogP contribution in [0.3, 0.4) is 0 Å². The third-order valence-corrected chi connectivity index (χ3v) is 6.11. The zero-order valence-electron chi connectivity index (χ0n) is 17.8. The Hall–Kier alpha value is -3.23. The van der Waals surface area contributed by atoms with Gasteiger partial charge in [0.2, 0.25) is 12.7 Å². The number of nitrogen functional groups attached to an aromatic ring is 1. The van der Waals surface area contributed by atoms with Gasteiger partial charge in [0.05, 0.1) is 0 Å². The number of ether oxygens (including phenoxy) is 3. The first-order valence-corrected chi connectivity index (χ1v) is 10.8. The van der Waals surface area contributed by atoms with Crippen molar-refractivity contribution in [3.05, 3.63) is 58.9 Å². The van der Waals surface area contributed by atoms with Gasteiger partial charge in [-0.25, -0.2) is 4.98 Å². The molecule has 1 aromatic heterocycles. The molecule has 1 fully saturated rings. The zero-order valence-corrected chi connectivity index (χ0v) is 18.5. The van der Waals surface area contributed by atoms with E-state index in [0.717, 1.165) is 49.8 Å². The Morgan fingerprint density at radius 1 is 1.03 bits per heavy atom. The number of anilines is 2. The molecule has 8 nitrogen and oxygen atoms in total. The van der Waals surface area contributed by atoms with Gasteiger partial charge >= 0.3 is 0 Å². The van der Waals surface area contributed by atoms with Crippen molar-refractivity contribution in [2.24, 2.45) is 0 Å². The highest BCUT2D eigenvalue weighted by molar-refractivity contribution is 6.31. The molecule has 0 radical (unpaired) electrons. The number of aryl methyl sites for hydroxylation is 1. The Kier molecular flexibility index (Phi) is 5.63. The van der Waals surface area contributed by atoms with Gasteiger partial charge in [-0.15, -0.1) is 0 Å². The van der Waals surface area contributed by atoms with E-state index in [2.05, 4.69) is 31.9 Å². The fourth-order valence-corrected chi connectivity index (χ4v) is 4.03. The van der Waals surface area contributed by atoms with E-state index in [4.69, 9.17) is 31.5 Å². The molecule has 0 amide bonds. The van der Waals surface area contributed by atoms with Crippen LogP contribution < -0.4 is 24.8 Å². The molecule has 5 rings (SSSR count). The van der Waals surface area contributed by atoms with Crippen molar-refractivity contribution >= 4 is 23.1 Å². The second-order valence-corrected chi connectivity index (χ2v) is 8.29. The number of hydrogen-bond acceptors (Lipinski definition) is 8. The van der Waals surface area contributed by atoms with E-state index >= 15 is 0 Å². The number of rotatable bonds is 5. The van der Waals surface area contributed by atoms with Crippen LogP contribution in [0, 0.1) is 6.92 Å². The van der Waals surface area contributed by atoms with Crippen molar-refractivity contribution in [3.63, 3.8) is 0 Å². The van der Waals surface area contributed by atoms with Crippen LogP contribution in [0.2, 0.25) is 5.02 Å². The van der Waals surface area contributed by atoms with E-state index in [1.54, 1.807) is 12.1 Å². The first-order valence-electron chi connectivity index (χ1n) is 10.5. The number of nitrogens with two attached hydrogens (primary N) is 1. The molecular weight excluding hydrogens is 430 g/mol. The first-order chi connectivity index (χ1) is 15.6. The quantitative estimate of drug-likeness (QED) is 0.623. The summed E-state index contributed by atoms with van der Waals surface area (Å²) in [5.74, 6) is 3.31. The van der Waals surface area contributed by atoms with E-state index in [-0.39, 0.29) is 0 Å². The Morgan fingerprint density at radius 3 is 2.66 bits per heavy atom. The number of hydrogen-bond donors (Lipinski definition) is 1. The lowest BCUT2D eigenvalue weighted by molar-refractivity contribution is 0.174. The lowest BCUT2D eigenvalue weighted by atomic mass is 10.1. The largest absolute Gasteiger partial charge is 0.454 e. The number of piperazine rings is 1. The first kappa shape index (κ1) is 20.7. The Balaban J connectivity index is 1.23. The van der Waals surface area contributed by atoms with Crippen LogP contribution in [0.15, 0.2) is 42.7 Å². The van der Waals surface area contributed by atoms with E-state index in [9.17, 15) is 0 Å². The predicted molar refractivity (Wildman–Crippen MR) is 123 cm³/mol. The maximum atomic E-state index is 6.38. The van der Waals surface area contributed by atoms with Crippen LogP contribution in [0.25, 0.3) is 0 Å². The topological polar surface area (TPSA) is 86.0 Å². The fourth-order valence-electron chi connectivity index (χ4n) is 3.91. The molecule has 1 saturated heterocycles. The van der Waals surface area contributed by atoms with Crippen molar-refractivity contribution in [1.29, 1.82) is 0 Å². The highest BCUT2D eigenvalue weighted by atomic mass is 35.5. The molecule has 32 heavy (non-hydrogen) atoms. The molecule has 0 saturated carbocycles. The van der Waals surface area contributed by atoms with Crippen LogP contribution in [0.4, 0.5) is 11.5 Å². The summed E-state index contributed by atoms with van der Waals surface area (Å²) in [5, 5.41) is 0.687. The van der Waals surface area contributed by atoms with Crippen LogP contribution >= 0.6 is 11.6 Å². The molecule has 2 aliphatic heterocycles. The van der Waals surface area contributed by atoms with Gasteiger partial charge in [-0.05, 0) is 48.4 Å². The lowest BCUT2D eigenvalue weighted by Gasteiger charge is -2.35. The molecule has 2 N–H and O–H groups in total. The van der Waals surface area contributed by atoms with Crippen LogP contribution in [0.5, 0.6) is 23.1 Å². The molecule has 3 heterocycles. The third kappa shape index (κ3) is 4.24. The van der Waals surface area contributed by atoms with Crippen molar-refractivity contribution in [2.75, 3.05) is 43.6 Å². The molecule has 0 atom stereocenters. The normalized spacial score (nSPS) is 15.8. The number of benzene rings is 2. The van der Waals surface area contributed by atoms with Crippen molar-refractivity contribution in [1.82, 2.24) is 14.9 Å².